The van der Waals surface area contributed by atoms with Gasteiger partial charge in [-0.05, 0) is 45.2 Å². The summed E-state index contributed by atoms with van der Waals surface area (Å²) < 4.78 is 0. The Kier molecular flexibility index (Phi) is 3.96. The van der Waals surface area contributed by atoms with Crippen LogP contribution in [0.5, 0.6) is 0 Å². The van der Waals surface area contributed by atoms with Gasteiger partial charge in [-0.1, -0.05) is 18.1 Å². The minimum Gasteiger partial charge on any atom is -0.0607 e. The fraction of sp³-hybridized carbons (Fsp3) is 0.200. The van der Waals surface area contributed by atoms with E-state index in [1.54, 1.807) is 0 Å². The molecular formula is C10H9IS. The second kappa shape index (κ2) is 4.78. The van der Waals surface area contributed by atoms with Crippen LogP contribution < -0.4 is 0 Å². The van der Waals surface area contributed by atoms with Crippen molar-refractivity contribution in [2.24, 2.45) is 0 Å². The first-order valence-corrected chi connectivity index (χ1v) is 6.96. The Balaban J connectivity index is 3.08. The van der Waals surface area contributed by atoms with Crippen molar-refractivity contribution in [2.75, 3.05) is 0 Å². The summed E-state index contributed by atoms with van der Waals surface area (Å²) in [6.07, 6.45) is 0. The average Bonchev–Trinajstić information content (AvgIpc) is 2.08. The van der Waals surface area contributed by atoms with Gasteiger partial charge in [-0.3, -0.25) is 0 Å². The van der Waals surface area contributed by atoms with Crippen LogP contribution in [0.3, 0.4) is 0 Å². The van der Waals surface area contributed by atoms with Crippen molar-refractivity contribution >= 4 is 30.1 Å². The first-order chi connectivity index (χ1) is 5.75. The van der Waals surface area contributed by atoms with Crippen molar-refractivity contribution in [3.63, 3.8) is 0 Å². The maximum Gasteiger partial charge on any atom is 0.0286 e. The van der Waals surface area contributed by atoms with E-state index >= 15 is 0 Å². The Labute approximate surface area is 89.7 Å². The number of hydrogen-bond donors (Lipinski definition) is 0. The van der Waals surface area contributed by atoms with E-state index in [2.05, 4.69) is 58.4 Å². The fourth-order valence-corrected chi connectivity index (χ4v) is 1.44. The van der Waals surface area contributed by atoms with Gasteiger partial charge in [0, 0.05) is 26.8 Å². The zero-order chi connectivity index (χ0) is 8.97. The topological polar surface area (TPSA) is 0 Å². The SMILES string of the molecule is Cc1cccc(C#CSI)c1C. The molecule has 1 aromatic carbocycles. The Bertz CT molecular complexity index is 333. The largest absolute Gasteiger partial charge is 0.0607 e. The van der Waals surface area contributed by atoms with Crippen molar-refractivity contribution < 1.29 is 0 Å². The van der Waals surface area contributed by atoms with E-state index in [-0.39, 0.29) is 0 Å². The van der Waals surface area contributed by atoms with E-state index in [0.717, 1.165) is 5.56 Å². The van der Waals surface area contributed by atoms with E-state index in [4.69, 9.17) is 0 Å². The number of rotatable bonds is 0. The van der Waals surface area contributed by atoms with Crippen LogP contribution in [0, 0.1) is 25.0 Å². The van der Waals surface area contributed by atoms with Gasteiger partial charge in [0.1, 0.15) is 0 Å². The first-order valence-electron chi connectivity index (χ1n) is 3.60. The van der Waals surface area contributed by atoms with Crippen LogP contribution >= 0.6 is 30.1 Å². The summed E-state index contributed by atoms with van der Waals surface area (Å²) in [5, 5.41) is 2.99. The third-order valence-corrected chi connectivity index (χ3v) is 2.67. The summed E-state index contributed by atoms with van der Waals surface area (Å²) in [4.78, 5) is 0. The maximum atomic E-state index is 3.11. The molecule has 0 heterocycles. The summed E-state index contributed by atoms with van der Waals surface area (Å²) in [6, 6.07) is 6.21. The van der Waals surface area contributed by atoms with Crippen LogP contribution in [0.2, 0.25) is 0 Å². The molecule has 0 radical (unpaired) electrons. The van der Waals surface area contributed by atoms with Crippen LogP contribution in [0.25, 0.3) is 0 Å². The molecule has 0 unspecified atom stereocenters. The molecule has 0 saturated carbocycles. The van der Waals surface area contributed by atoms with Gasteiger partial charge >= 0.3 is 0 Å². The van der Waals surface area contributed by atoms with Gasteiger partial charge in [0.25, 0.3) is 0 Å². The molecule has 0 aliphatic heterocycles. The molecule has 0 fully saturated rings. The summed E-state index contributed by atoms with van der Waals surface area (Å²) in [7, 11) is 1.52. The molecule has 2 heteroatoms. The molecule has 12 heavy (non-hydrogen) atoms. The van der Waals surface area contributed by atoms with Gasteiger partial charge < -0.3 is 0 Å². The minimum absolute atomic E-state index is 1.14. The minimum atomic E-state index is 1.14. The number of hydrogen-bond acceptors (Lipinski definition) is 1. The summed E-state index contributed by atoms with van der Waals surface area (Å²) in [6.45, 7) is 4.22. The highest BCUT2D eigenvalue weighted by Gasteiger charge is 1.95. The molecule has 0 aliphatic carbocycles. The molecule has 0 N–H and O–H groups in total. The number of aryl methyl sites for hydroxylation is 1. The van der Waals surface area contributed by atoms with Crippen LogP contribution in [0.4, 0.5) is 0 Å². The molecule has 1 aromatic rings. The second-order valence-corrected chi connectivity index (χ2v) is 4.23. The predicted octanol–water partition coefficient (Wildman–Crippen LogP) is 3.70. The van der Waals surface area contributed by atoms with Gasteiger partial charge in [0.2, 0.25) is 0 Å². The van der Waals surface area contributed by atoms with Crippen molar-refractivity contribution in [1.82, 2.24) is 0 Å². The highest BCUT2D eigenvalue weighted by molar-refractivity contribution is 14.2. The van der Waals surface area contributed by atoms with Crippen molar-refractivity contribution in [3.8, 4) is 11.2 Å². The molecule has 1 rings (SSSR count). The number of halogens is 1. The zero-order valence-corrected chi connectivity index (χ0v) is 9.99. The third-order valence-electron chi connectivity index (χ3n) is 1.83. The summed E-state index contributed by atoms with van der Waals surface area (Å²) in [5.41, 5.74) is 3.73. The van der Waals surface area contributed by atoms with Gasteiger partial charge in [-0.25, -0.2) is 0 Å². The van der Waals surface area contributed by atoms with Crippen LogP contribution in [-0.2, 0) is 0 Å². The Hall–Kier alpha value is -0.140. The standard InChI is InChI=1S/C10H9IS/c1-8-4-3-5-10(9(8)2)6-7-12-11/h3-5H,1-2H3. The Morgan fingerprint density at radius 1 is 1.33 bits per heavy atom. The zero-order valence-electron chi connectivity index (χ0n) is 7.02. The fourth-order valence-electron chi connectivity index (χ4n) is 0.961. The second-order valence-electron chi connectivity index (χ2n) is 2.55. The molecule has 0 nitrogen and oxygen atoms in total. The van der Waals surface area contributed by atoms with E-state index in [1.165, 1.54) is 20.1 Å². The first kappa shape index (κ1) is 9.94. The van der Waals surface area contributed by atoms with Gasteiger partial charge in [0.15, 0.2) is 0 Å². The monoisotopic (exact) mass is 288 g/mol. The Morgan fingerprint density at radius 2 is 2.08 bits per heavy atom. The van der Waals surface area contributed by atoms with E-state index in [9.17, 15) is 0 Å². The molecule has 0 aliphatic rings. The van der Waals surface area contributed by atoms with Crippen molar-refractivity contribution in [3.05, 3.63) is 34.9 Å². The highest BCUT2D eigenvalue weighted by Crippen LogP contribution is 2.13. The smallest absolute Gasteiger partial charge is 0.0286 e. The van der Waals surface area contributed by atoms with Crippen molar-refractivity contribution in [2.45, 2.75) is 13.8 Å². The number of benzene rings is 1. The lowest BCUT2D eigenvalue weighted by molar-refractivity contribution is 1.32. The Morgan fingerprint density at radius 3 is 2.75 bits per heavy atom. The molecule has 0 atom stereocenters. The van der Waals surface area contributed by atoms with Gasteiger partial charge in [-0.15, -0.1) is 0 Å². The summed E-state index contributed by atoms with van der Waals surface area (Å²) >= 11 is 2.18. The lowest BCUT2D eigenvalue weighted by Gasteiger charge is -2.00. The molecule has 0 aromatic heterocycles. The molecular weight excluding hydrogens is 279 g/mol. The lowest BCUT2D eigenvalue weighted by Crippen LogP contribution is -1.84. The van der Waals surface area contributed by atoms with Crippen LogP contribution in [0.15, 0.2) is 18.2 Å². The van der Waals surface area contributed by atoms with Crippen molar-refractivity contribution in [1.29, 1.82) is 0 Å². The molecule has 62 valence electrons. The average molecular weight is 288 g/mol. The quantitative estimate of drug-likeness (QED) is 0.518. The third kappa shape index (κ3) is 2.43. The molecule has 0 spiro atoms. The van der Waals surface area contributed by atoms with Gasteiger partial charge in [0.05, 0.1) is 0 Å². The summed E-state index contributed by atoms with van der Waals surface area (Å²) in [5.74, 6) is 3.11. The van der Waals surface area contributed by atoms with Crippen LogP contribution in [0.1, 0.15) is 16.7 Å². The highest BCUT2D eigenvalue weighted by atomic mass is 127. The normalized spacial score (nSPS) is 8.92. The van der Waals surface area contributed by atoms with E-state index < -0.39 is 0 Å². The molecule has 0 bridgehead atoms. The van der Waals surface area contributed by atoms with E-state index in [1.807, 2.05) is 6.07 Å². The molecule has 0 saturated heterocycles. The molecule has 0 amide bonds. The van der Waals surface area contributed by atoms with E-state index in [0.29, 0.717) is 0 Å². The predicted molar refractivity (Wildman–Crippen MR) is 64.4 cm³/mol. The maximum absolute atomic E-state index is 3.11. The van der Waals surface area contributed by atoms with Crippen LogP contribution in [-0.4, -0.2) is 0 Å². The van der Waals surface area contributed by atoms with Gasteiger partial charge in [-0.2, -0.15) is 0 Å². The lowest BCUT2D eigenvalue weighted by atomic mass is 10.0.